The first-order valence-electron chi connectivity index (χ1n) is 5.81. The molecule has 1 amide bonds. The van der Waals surface area contributed by atoms with E-state index in [2.05, 4.69) is 24.1 Å². The van der Waals surface area contributed by atoms with Crippen LogP contribution in [0.3, 0.4) is 0 Å². The Labute approximate surface area is 92.6 Å². The standard InChI is InChI=1S/C11H23N3O/c1-10(2)14-8-7-13(9-11(14)15)6-4-5-12-3/h10,12H,4-9H2,1-3H3. The average Bonchev–Trinajstić information content (AvgIpc) is 2.17. The minimum Gasteiger partial charge on any atom is -0.338 e. The van der Waals surface area contributed by atoms with Gasteiger partial charge in [-0.15, -0.1) is 0 Å². The second kappa shape index (κ2) is 6.08. The normalized spacial score (nSPS) is 18.9. The van der Waals surface area contributed by atoms with E-state index in [1.807, 2.05) is 11.9 Å². The van der Waals surface area contributed by atoms with Crippen LogP contribution in [0.2, 0.25) is 0 Å². The van der Waals surface area contributed by atoms with Gasteiger partial charge in [0.15, 0.2) is 0 Å². The zero-order valence-electron chi connectivity index (χ0n) is 10.1. The first-order chi connectivity index (χ1) is 7.15. The molecular formula is C11H23N3O. The second-order valence-electron chi connectivity index (χ2n) is 4.41. The molecule has 0 unspecified atom stereocenters. The fraction of sp³-hybridized carbons (Fsp3) is 0.909. The van der Waals surface area contributed by atoms with E-state index in [-0.39, 0.29) is 5.91 Å². The Hall–Kier alpha value is -0.610. The molecule has 0 aromatic heterocycles. The minimum absolute atomic E-state index is 0.278. The molecule has 0 radical (unpaired) electrons. The van der Waals surface area contributed by atoms with Gasteiger partial charge in [0.25, 0.3) is 0 Å². The van der Waals surface area contributed by atoms with Crippen LogP contribution in [0.4, 0.5) is 0 Å². The molecule has 0 atom stereocenters. The first-order valence-corrected chi connectivity index (χ1v) is 5.81. The van der Waals surface area contributed by atoms with Crippen LogP contribution in [0.1, 0.15) is 20.3 Å². The number of rotatable bonds is 5. The summed E-state index contributed by atoms with van der Waals surface area (Å²) in [5.74, 6) is 0.278. The predicted molar refractivity (Wildman–Crippen MR) is 61.8 cm³/mol. The number of amides is 1. The Morgan fingerprint density at radius 1 is 1.40 bits per heavy atom. The highest BCUT2D eigenvalue weighted by Gasteiger charge is 2.24. The average molecular weight is 213 g/mol. The fourth-order valence-corrected chi connectivity index (χ4v) is 1.95. The molecule has 1 rings (SSSR count). The molecule has 0 aliphatic carbocycles. The van der Waals surface area contributed by atoms with Crippen LogP contribution in [-0.2, 0) is 4.79 Å². The van der Waals surface area contributed by atoms with Crippen molar-refractivity contribution in [1.29, 1.82) is 0 Å². The van der Waals surface area contributed by atoms with Gasteiger partial charge in [0.05, 0.1) is 6.54 Å². The van der Waals surface area contributed by atoms with E-state index in [1.165, 1.54) is 0 Å². The van der Waals surface area contributed by atoms with Gasteiger partial charge in [-0.05, 0) is 40.4 Å². The molecule has 1 heterocycles. The molecule has 0 saturated carbocycles. The number of nitrogens with zero attached hydrogens (tertiary/aromatic N) is 2. The molecule has 15 heavy (non-hydrogen) atoms. The Bertz CT molecular complexity index is 206. The molecule has 1 N–H and O–H groups in total. The molecule has 1 saturated heterocycles. The van der Waals surface area contributed by atoms with E-state index in [0.717, 1.165) is 32.6 Å². The van der Waals surface area contributed by atoms with E-state index < -0.39 is 0 Å². The summed E-state index contributed by atoms with van der Waals surface area (Å²) in [6.45, 7) is 8.71. The Kier molecular flexibility index (Phi) is 5.05. The highest BCUT2D eigenvalue weighted by molar-refractivity contribution is 5.79. The third-order valence-corrected chi connectivity index (χ3v) is 2.86. The van der Waals surface area contributed by atoms with Crippen molar-refractivity contribution in [2.24, 2.45) is 0 Å². The Morgan fingerprint density at radius 3 is 2.67 bits per heavy atom. The van der Waals surface area contributed by atoms with Crippen molar-refractivity contribution in [1.82, 2.24) is 15.1 Å². The number of nitrogens with one attached hydrogen (secondary N) is 1. The molecular weight excluding hydrogens is 190 g/mol. The zero-order chi connectivity index (χ0) is 11.3. The smallest absolute Gasteiger partial charge is 0.237 e. The van der Waals surface area contributed by atoms with E-state index in [1.54, 1.807) is 0 Å². The molecule has 1 aliphatic heterocycles. The van der Waals surface area contributed by atoms with Crippen LogP contribution < -0.4 is 5.32 Å². The summed E-state index contributed by atoms with van der Waals surface area (Å²) in [4.78, 5) is 16.0. The van der Waals surface area contributed by atoms with Crippen LogP contribution in [-0.4, -0.2) is 61.5 Å². The summed E-state index contributed by atoms with van der Waals surface area (Å²) in [5, 5.41) is 3.12. The second-order valence-corrected chi connectivity index (χ2v) is 4.41. The van der Waals surface area contributed by atoms with Gasteiger partial charge in [-0.3, -0.25) is 9.69 Å². The van der Waals surface area contributed by atoms with Gasteiger partial charge < -0.3 is 10.2 Å². The lowest BCUT2D eigenvalue weighted by Crippen LogP contribution is -2.52. The third-order valence-electron chi connectivity index (χ3n) is 2.86. The van der Waals surface area contributed by atoms with Crippen molar-refractivity contribution in [3.8, 4) is 0 Å². The first kappa shape index (κ1) is 12.5. The largest absolute Gasteiger partial charge is 0.338 e. The van der Waals surface area contributed by atoms with Crippen molar-refractivity contribution in [2.45, 2.75) is 26.3 Å². The topological polar surface area (TPSA) is 35.6 Å². The van der Waals surface area contributed by atoms with Crippen molar-refractivity contribution in [2.75, 3.05) is 39.8 Å². The quantitative estimate of drug-likeness (QED) is 0.660. The number of piperazine rings is 1. The van der Waals surface area contributed by atoms with E-state index in [9.17, 15) is 4.79 Å². The summed E-state index contributed by atoms with van der Waals surface area (Å²) in [7, 11) is 1.96. The van der Waals surface area contributed by atoms with Gasteiger partial charge in [0.1, 0.15) is 0 Å². The van der Waals surface area contributed by atoms with Crippen LogP contribution in [0.5, 0.6) is 0 Å². The molecule has 4 heteroatoms. The summed E-state index contributed by atoms with van der Waals surface area (Å²) in [6.07, 6.45) is 1.12. The van der Waals surface area contributed by atoms with Gasteiger partial charge in [-0.25, -0.2) is 0 Å². The summed E-state index contributed by atoms with van der Waals surface area (Å²) in [6, 6.07) is 0.344. The zero-order valence-corrected chi connectivity index (χ0v) is 10.1. The fourth-order valence-electron chi connectivity index (χ4n) is 1.95. The Morgan fingerprint density at radius 2 is 2.13 bits per heavy atom. The van der Waals surface area contributed by atoms with Gasteiger partial charge >= 0.3 is 0 Å². The maximum Gasteiger partial charge on any atom is 0.237 e. The van der Waals surface area contributed by atoms with Crippen molar-refractivity contribution in [3.63, 3.8) is 0 Å². The lowest BCUT2D eigenvalue weighted by atomic mass is 10.2. The Balaban J connectivity index is 2.28. The molecule has 0 spiro atoms. The summed E-state index contributed by atoms with van der Waals surface area (Å²) < 4.78 is 0. The maximum absolute atomic E-state index is 11.7. The molecule has 4 nitrogen and oxygen atoms in total. The highest BCUT2D eigenvalue weighted by atomic mass is 16.2. The summed E-state index contributed by atoms with van der Waals surface area (Å²) in [5.41, 5.74) is 0. The third kappa shape index (κ3) is 3.80. The monoisotopic (exact) mass is 213 g/mol. The van der Waals surface area contributed by atoms with Gasteiger partial charge in [0.2, 0.25) is 5.91 Å². The van der Waals surface area contributed by atoms with Gasteiger partial charge in [-0.2, -0.15) is 0 Å². The molecule has 1 aliphatic rings. The molecule has 1 fully saturated rings. The highest BCUT2D eigenvalue weighted by Crippen LogP contribution is 2.07. The number of hydrogen-bond acceptors (Lipinski definition) is 3. The van der Waals surface area contributed by atoms with E-state index in [4.69, 9.17) is 0 Å². The van der Waals surface area contributed by atoms with Crippen molar-refractivity contribution in [3.05, 3.63) is 0 Å². The minimum atomic E-state index is 0.278. The van der Waals surface area contributed by atoms with Crippen LogP contribution >= 0.6 is 0 Å². The lowest BCUT2D eigenvalue weighted by Gasteiger charge is -2.36. The molecule has 0 aromatic carbocycles. The number of hydrogen-bond donors (Lipinski definition) is 1. The lowest BCUT2D eigenvalue weighted by molar-refractivity contribution is -0.137. The van der Waals surface area contributed by atoms with Crippen LogP contribution in [0, 0.1) is 0 Å². The predicted octanol–water partition coefficient (Wildman–Crippen LogP) is 0.149. The maximum atomic E-state index is 11.7. The van der Waals surface area contributed by atoms with Gasteiger partial charge in [0, 0.05) is 19.1 Å². The number of carbonyl (C=O) groups excluding carboxylic acids is 1. The van der Waals surface area contributed by atoms with E-state index >= 15 is 0 Å². The molecule has 0 bridgehead atoms. The summed E-state index contributed by atoms with van der Waals surface area (Å²) >= 11 is 0. The van der Waals surface area contributed by atoms with Crippen LogP contribution in [0.25, 0.3) is 0 Å². The van der Waals surface area contributed by atoms with Crippen LogP contribution in [0.15, 0.2) is 0 Å². The van der Waals surface area contributed by atoms with E-state index in [0.29, 0.717) is 12.6 Å². The van der Waals surface area contributed by atoms with Gasteiger partial charge in [-0.1, -0.05) is 0 Å². The molecule has 0 aromatic rings. The van der Waals surface area contributed by atoms with Crippen molar-refractivity contribution >= 4 is 5.91 Å². The van der Waals surface area contributed by atoms with Crippen molar-refractivity contribution < 1.29 is 4.79 Å². The molecule has 88 valence electrons. The SMILES string of the molecule is CNCCCN1CCN(C(C)C)C(=O)C1. The number of carbonyl (C=O) groups is 1.